The molecule has 0 radical (unpaired) electrons. The first-order valence-corrected chi connectivity index (χ1v) is 20.7. The summed E-state index contributed by atoms with van der Waals surface area (Å²) in [4.78, 5) is 0. The van der Waals surface area contributed by atoms with Crippen LogP contribution in [-0.4, -0.2) is 50.6 Å². The molecule has 1 saturated carbocycles. The minimum atomic E-state index is -2.94. The number of hydrogen-bond donors (Lipinski definition) is 1. The molecule has 51 heavy (non-hydrogen) atoms. The van der Waals surface area contributed by atoms with Gasteiger partial charge in [-0.2, -0.15) is 0 Å². The first-order valence-electron chi connectivity index (χ1n) is 19.1. The minimum absolute atomic E-state index is 0.0330. The second-order valence-electron chi connectivity index (χ2n) is 17.6. The summed E-state index contributed by atoms with van der Waals surface area (Å²) in [5.41, 5.74) is 3.23. The molecule has 1 aromatic carbocycles. The molecule has 5 nitrogen and oxygen atoms in total. The van der Waals surface area contributed by atoms with E-state index in [0.29, 0.717) is 28.6 Å². The molecule has 0 heterocycles. The first kappa shape index (κ1) is 56.4. The molecular weight excluding hydrogens is 665 g/mol. The number of benzene rings is 1. The van der Waals surface area contributed by atoms with Crippen LogP contribution in [0.1, 0.15) is 181 Å². The van der Waals surface area contributed by atoms with Crippen LogP contribution in [0.3, 0.4) is 0 Å². The maximum atomic E-state index is 13.1. The molecule has 0 aliphatic heterocycles. The van der Waals surface area contributed by atoms with E-state index in [2.05, 4.69) is 119 Å². The number of alkyl halides is 2. The van der Waals surface area contributed by atoms with Crippen LogP contribution < -0.4 is 4.72 Å². The highest BCUT2D eigenvalue weighted by Crippen LogP contribution is 2.36. The molecule has 1 N–H and O–H groups in total. The maximum Gasteiger partial charge on any atom is 0.293 e. The molecule has 0 saturated heterocycles. The van der Waals surface area contributed by atoms with Crippen LogP contribution in [0, 0.1) is 16.7 Å². The fourth-order valence-corrected chi connectivity index (χ4v) is 4.34. The average molecular weight is 750 g/mol. The van der Waals surface area contributed by atoms with Gasteiger partial charge in [0.25, 0.3) is 5.92 Å². The van der Waals surface area contributed by atoms with Gasteiger partial charge in [0, 0.05) is 6.04 Å². The topological polar surface area (TPSA) is 64.6 Å². The first-order chi connectivity index (χ1) is 22.8. The van der Waals surface area contributed by atoms with Crippen molar-refractivity contribution < 1.29 is 26.7 Å². The lowest BCUT2D eigenvalue weighted by Gasteiger charge is -2.34. The number of hydrogen-bond acceptors (Lipinski definition) is 4. The smallest absolute Gasteiger partial charge is 0.293 e. The Kier molecular flexibility index (Phi) is 29.2. The van der Waals surface area contributed by atoms with Gasteiger partial charge in [-0.25, -0.2) is 21.9 Å². The van der Waals surface area contributed by atoms with Crippen molar-refractivity contribution >= 4 is 10.0 Å². The van der Waals surface area contributed by atoms with E-state index in [1.807, 2.05) is 33.8 Å². The van der Waals surface area contributed by atoms with Gasteiger partial charge in [0.2, 0.25) is 10.0 Å². The van der Waals surface area contributed by atoms with E-state index in [1.54, 1.807) is 34.6 Å². The zero-order chi connectivity index (χ0) is 41.6. The van der Waals surface area contributed by atoms with Gasteiger partial charge in [0.05, 0.1) is 17.0 Å². The van der Waals surface area contributed by atoms with Gasteiger partial charge in [-0.3, -0.25) is 0 Å². The van der Waals surface area contributed by atoms with Crippen molar-refractivity contribution in [3.05, 3.63) is 48.0 Å². The summed E-state index contributed by atoms with van der Waals surface area (Å²) in [7, 11) is -2.94. The Labute approximate surface area is 317 Å². The van der Waals surface area contributed by atoms with Gasteiger partial charge in [-0.1, -0.05) is 127 Å². The fourth-order valence-electron chi connectivity index (χ4n) is 2.73. The number of rotatable bonds is 11. The van der Waals surface area contributed by atoms with Crippen LogP contribution in [0.15, 0.2) is 36.9 Å². The zero-order valence-corrected chi connectivity index (χ0v) is 38.0. The lowest BCUT2D eigenvalue weighted by Crippen LogP contribution is -2.35. The summed E-state index contributed by atoms with van der Waals surface area (Å²) in [5, 5.41) is -0.0881. The van der Waals surface area contributed by atoms with Crippen LogP contribution in [-0.2, 0) is 19.5 Å². The van der Waals surface area contributed by atoms with Crippen molar-refractivity contribution in [2.75, 3.05) is 13.2 Å². The third-order valence-corrected chi connectivity index (χ3v) is 9.82. The van der Waals surface area contributed by atoms with Crippen molar-refractivity contribution in [1.29, 1.82) is 0 Å². The number of ether oxygens (including phenoxy) is 2. The molecular formula is C43H85F2NO4S. The van der Waals surface area contributed by atoms with E-state index in [9.17, 15) is 17.2 Å². The van der Waals surface area contributed by atoms with Gasteiger partial charge in [-0.15, -0.1) is 6.58 Å². The quantitative estimate of drug-likeness (QED) is 0.229. The molecule has 1 aliphatic rings. The van der Waals surface area contributed by atoms with E-state index < -0.39 is 34.8 Å². The monoisotopic (exact) mass is 750 g/mol. The largest absolute Gasteiger partial charge is 0.372 e. The van der Waals surface area contributed by atoms with Crippen molar-refractivity contribution in [2.24, 2.45) is 16.7 Å². The molecule has 1 aromatic rings. The van der Waals surface area contributed by atoms with Crippen LogP contribution in [0.25, 0.3) is 0 Å². The highest BCUT2D eigenvalue weighted by atomic mass is 32.2. The third kappa shape index (κ3) is 35.4. The van der Waals surface area contributed by atoms with Gasteiger partial charge < -0.3 is 9.47 Å². The molecule has 0 spiro atoms. The molecule has 1 fully saturated rings. The Bertz CT molecular complexity index is 1070. The van der Waals surface area contributed by atoms with E-state index in [1.165, 1.54) is 11.1 Å². The summed E-state index contributed by atoms with van der Waals surface area (Å²) in [5.74, 6) is -0.972. The standard InChI is InChI=1S/C12H18.C10H20F2O2.C8H18.C6H13NO2S.C5H10.C2H6/c1-9(2)11-6-5-7-12(8-11)10(3)4;1-8(2)13-6-10(11,12)7-14-9(3,4)5;1-7(2,3)8(4,5)6;1-5(2)7-10(8,9)6-3-4-6;1-4-5(2)3;1-2/h5-10H,1-4H3;8H,6-7H2,1-5H3;1-6H3;5-7H,3-4H2,1-2H3;4-5H,1H2,2-3H3;1-2H3. The molecule has 0 atom stereocenters. The number of nitrogens with one attached hydrogen (secondary N) is 1. The predicted molar refractivity (Wildman–Crippen MR) is 222 cm³/mol. The SMILES string of the molecule is C=CC(C)C.CC.CC(C)(C)C(C)(C)C.CC(C)NS(=O)(=O)C1CC1.CC(C)OCC(F)(F)COC(C)(C)C.CC(C)c1cccc(C(C)C)c1. The van der Waals surface area contributed by atoms with Crippen LogP contribution in [0.4, 0.5) is 8.78 Å². The Hall–Kier alpha value is -1.35. The summed E-state index contributed by atoms with van der Waals surface area (Å²) in [6.07, 6.45) is 3.40. The average Bonchev–Trinajstić information content (AvgIpc) is 3.83. The van der Waals surface area contributed by atoms with Crippen molar-refractivity contribution in [2.45, 2.75) is 199 Å². The summed E-state index contributed by atoms with van der Waals surface area (Å²) in [6, 6.07) is 8.91. The Morgan fingerprint density at radius 1 is 0.784 bits per heavy atom. The van der Waals surface area contributed by atoms with Crippen molar-refractivity contribution in [1.82, 2.24) is 4.72 Å². The molecule has 0 bridgehead atoms. The lowest BCUT2D eigenvalue weighted by molar-refractivity contribution is -0.158. The molecule has 306 valence electrons. The van der Waals surface area contributed by atoms with E-state index in [4.69, 9.17) is 9.47 Å². The molecule has 0 unspecified atom stereocenters. The second kappa shape index (κ2) is 26.4. The summed E-state index contributed by atoms with van der Waals surface area (Å²) < 4.78 is 60.7. The Morgan fingerprint density at radius 3 is 1.39 bits per heavy atom. The minimum Gasteiger partial charge on any atom is -0.372 e. The number of sulfonamides is 1. The van der Waals surface area contributed by atoms with Gasteiger partial charge in [0.1, 0.15) is 13.2 Å². The van der Waals surface area contributed by atoms with E-state index >= 15 is 0 Å². The molecule has 1 aliphatic carbocycles. The highest BCUT2D eigenvalue weighted by molar-refractivity contribution is 7.90. The van der Waals surface area contributed by atoms with Gasteiger partial charge in [-0.05, 0) is 101 Å². The number of halogens is 2. The van der Waals surface area contributed by atoms with Crippen LogP contribution in [0.5, 0.6) is 0 Å². The maximum absolute atomic E-state index is 13.1. The molecule has 8 heteroatoms. The molecule has 0 amide bonds. The van der Waals surface area contributed by atoms with Crippen molar-refractivity contribution in [3.8, 4) is 0 Å². The zero-order valence-electron chi connectivity index (χ0n) is 37.2. The molecule has 0 aromatic heterocycles. The van der Waals surface area contributed by atoms with Gasteiger partial charge in [0.15, 0.2) is 0 Å². The van der Waals surface area contributed by atoms with Gasteiger partial charge >= 0.3 is 0 Å². The summed E-state index contributed by atoms with van der Waals surface area (Å²) >= 11 is 0. The predicted octanol–water partition coefficient (Wildman–Crippen LogP) is 13.2. The lowest BCUT2D eigenvalue weighted by atomic mass is 9.71. The van der Waals surface area contributed by atoms with E-state index in [-0.39, 0.29) is 17.4 Å². The summed E-state index contributed by atoms with van der Waals surface area (Å²) in [6.45, 7) is 45.5. The third-order valence-electron chi connectivity index (χ3n) is 7.67. The normalized spacial score (nSPS) is 13.5. The molecule has 2 rings (SSSR count). The van der Waals surface area contributed by atoms with Crippen LogP contribution in [0.2, 0.25) is 0 Å². The van der Waals surface area contributed by atoms with Crippen LogP contribution >= 0.6 is 0 Å². The Balaban J connectivity index is -0.000000276. The number of allylic oxidation sites excluding steroid dienone is 1. The van der Waals surface area contributed by atoms with E-state index in [0.717, 1.165) is 12.8 Å². The Morgan fingerprint density at radius 2 is 1.16 bits per heavy atom. The highest BCUT2D eigenvalue weighted by Gasteiger charge is 2.35. The van der Waals surface area contributed by atoms with Crippen molar-refractivity contribution in [3.63, 3.8) is 0 Å². The fraction of sp³-hybridized carbons (Fsp3) is 0.814. The second-order valence-corrected chi connectivity index (χ2v) is 19.6.